The van der Waals surface area contributed by atoms with Crippen LogP contribution in [0.4, 0.5) is 4.79 Å². The van der Waals surface area contributed by atoms with E-state index in [9.17, 15) is 4.79 Å². The van der Waals surface area contributed by atoms with Gasteiger partial charge in [0.25, 0.3) is 0 Å². The van der Waals surface area contributed by atoms with Gasteiger partial charge < -0.3 is 14.4 Å². The zero-order chi connectivity index (χ0) is 16.3. The number of hydrogen-bond acceptors (Lipinski definition) is 4. The molecule has 0 N–H and O–H groups in total. The number of benzene rings is 1. The molecule has 0 spiro atoms. The molecule has 2 rings (SSSR count). The minimum atomic E-state index is -0.503. The van der Waals surface area contributed by atoms with E-state index in [4.69, 9.17) is 26.3 Å². The summed E-state index contributed by atoms with van der Waals surface area (Å²) in [5.41, 5.74) is -0.0905. The van der Waals surface area contributed by atoms with Gasteiger partial charge in [-0.05, 0) is 32.9 Å². The van der Waals surface area contributed by atoms with Crippen LogP contribution in [0.25, 0.3) is 0 Å². The molecule has 1 saturated heterocycles. The highest BCUT2D eigenvalue weighted by Crippen LogP contribution is 2.25. The fourth-order valence-electron chi connectivity index (χ4n) is 2.17. The fourth-order valence-corrected chi connectivity index (χ4v) is 2.38. The Hall–Kier alpha value is -1.93. The predicted molar refractivity (Wildman–Crippen MR) is 83.0 cm³/mol. The van der Waals surface area contributed by atoms with Crippen LogP contribution < -0.4 is 4.74 Å². The molecule has 1 heterocycles. The average molecular weight is 323 g/mol. The van der Waals surface area contributed by atoms with Crippen molar-refractivity contribution in [1.29, 1.82) is 5.26 Å². The Bertz CT molecular complexity index is 604. The molecule has 5 nitrogen and oxygen atoms in total. The van der Waals surface area contributed by atoms with Gasteiger partial charge in [0.15, 0.2) is 0 Å². The quantitative estimate of drug-likeness (QED) is 0.834. The van der Waals surface area contributed by atoms with E-state index in [1.807, 2.05) is 26.8 Å². The number of likely N-dealkylation sites (tertiary alicyclic amines) is 1. The SMILES string of the molecule is CC(C)(C)OC(=O)N1CCC(Oc2ccc(C#N)c(Cl)c2)C1. The Labute approximate surface area is 135 Å². The van der Waals surface area contributed by atoms with Crippen LogP contribution in [-0.2, 0) is 4.74 Å². The highest BCUT2D eigenvalue weighted by atomic mass is 35.5. The van der Waals surface area contributed by atoms with Crippen LogP contribution in [0.2, 0.25) is 5.02 Å². The zero-order valence-corrected chi connectivity index (χ0v) is 13.7. The maximum Gasteiger partial charge on any atom is 0.410 e. The predicted octanol–water partition coefficient (Wildman–Crippen LogP) is 3.60. The maximum atomic E-state index is 12.0. The van der Waals surface area contributed by atoms with Crippen LogP contribution in [0, 0.1) is 11.3 Å². The van der Waals surface area contributed by atoms with Gasteiger partial charge in [-0.25, -0.2) is 4.79 Å². The van der Waals surface area contributed by atoms with Crippen LogP contribution in [0.5, 0.6) is 5.75 Å². The second-order valence-corrected chi connectivity index (χ2v) is 6.62. The van der Waals surface area contributed by atoms with Crippen molar-refractivity contribution in [1.82, 2.24) is 4.90 Å². The number of ether oxygens (including phenoxy) is 2. The summed E-state index contributed by atoms with van der Waals surface area (Å²) in [6.45, 7) is 6.60. The minimum absolute atomic E-state index is 0.100. The zero-order valence-electron chi connectivity index (χ0n) is 12.9. The highest BCUT2D eigenvalue weighted by Gasteiger charge is 2.30. The van der Waals surface area contributed by atoms with E-state index in [2.05, 4.69) is 0 Å². The third-order valence-corrected chi connectivity index (χ3v) is 3.47. The van der Waals surface area contributed by atoms with Crippen molar-refractivity contribution in [3.63, 3.8) is 0 Å². The summed E-state index contributed by atoms with van der Waals surface area (Å²) in [7, 11) is 0. The third kappa shape index (κ3) is 4.28. The third-order valence-electron chi connectivity index (χ3n) is 3.16. The Morgan fingerprint density at radius 1 is 1.45 bits per heavy atom. The lowest BCUT2D eigenvalue weighted by atomic mass is 10.2. The molecule has 1 fully saturated rings. The van der Waals surface area contributed by atoms with E-state index in [1.54, 1.807) is 23.1 Å². The molecule has 1 aliphatic rings. The van der Waals surface area contributed by atoms with Gasteiger partial charge in [0, 0.05) is 19.0 Å². The lowest BCUT2D eigenvalue weighted by molar-refractivity contribution is 0.0275. The average Bonchev–Trinajstić information content (AvgIpc) is 2.85. The van der Waals surface area contributed by atoms with Crippen LogP contribution in [0.15, 0.2) is 18.2 Å². The summed E-state index contributed by atoms with van der Waals surface area (Å²) in [6.07, 6.45) is 0.310. The van der Waals surface area contributed by atoms with Crippen molar-refractivity contribution in [3.05, 3.63) is 28.8 Å². The number of amides is 1. The number of carbonyl (C=O) groups excluding carboxylic acids is 1. The Morgan fingerprint density at radius 3 is 2.77 bits per heavy atom. The number of halogens is 1. The van der Waals surface area contributed by atoms with Gasteiger partial charge in [0.05, 0.1) is 17.1 Å². The molecule has 1 atom stereocenters. The van der Waals surface area contributed by atoms with Gasteiger partial charge in [-0.3, -0.25) is 0 Å². The van der Waals surface area contributed by atoms with Gasteiger partial charge in [0.2, 0.25) is 0 Å². The topological polar surface area (TPSA) is 62.6 Å². The first-order valence-corrected chi connectivity index (χ1v) is 7.50. The van der Waals surface area contributed by atoms with Gasteiger partial charge in [-0.2, -0.15) is 5.26 Å². The molecular formula is C16H19ClN2O3. The molecule has 118 valence electrons. The summed E-state index contributed by atoms with van der Waals surface area (Å²) in [4.78, 5) is 13.6. The van der Waals surface area contributed by atoms with E-state index in [-0.39, 0.29) is 12.2 Å². The van der Waals surface area contributed by atoms with Crippen molar-refractivity contribution < 1.29 is 14.3 Å². The molecule has 1 aromatic rings. The first-order valence-electron chi connectivity index (χ1n) is 7.13. The molecule has 1 aliphatic heterocycles. The van der Waals surface area contributed by atoms with E-state index < -0.39 is 5.60 Å². The smallest absolute Gasteiger partial charge is 0.410 e. The van der Waals surface area contributed by atoms with E-state index in [1.165, 1.54) is 0 Å². The molecule has 0 aromatic heterocycles. The molecular weight excluding hydrogens is 304 g/mol. The number of rotatable bonds is 2. The molecule has 0 saturated carbocycles. The standard InChI is InChI=1S/C16H19ClN2O3/c1-16(2,3)22-15(20)19-7-6-13(10-19)21-12-5-4-11(9-18)14(17)8-12/h4-5,8,13H,6-7,10H2,1-3H3. The Morgan fingerprint density at radius 2 is 2.18 bits per heavy atom. The second-order valence-electron chi connectivity index (χ2n) is 6.21. The van der Waals surface area contributed by atoms with E-state index >= 15 is 0 Å². The number of carbonyl (C=O) groups is 1. The molecule has 1 amide bonds. The normalized spacial score (nSPS) is 18.0. The number of hydrogen-bond donors (Lipinski definition) is 0. The van der Waals surface area contributed by atoms with Gasteiger partial charge >= 0.3 is 6.09 Å². The lowest BCUT2D eigenvalue weighted by Gasteiger charge is -2.24. The van der Waals surface area contributed by atoms with Crippen molar-refractivity contribution in [3.8, 4) is 11.8 Å². The molecule has 0 radical (unpaired) electrons. The van der Waals surface area contributed by atoms with Crippen molar-refractivity contribution in [2.75, 3.05) is 13.1 Å². The minimum Gasteiger partial charge on any atom is -0.488 e. The molecule has 1 aromatic carbocycles. The van der Waals surface area contributed by atoms with Crippen LogP contribution >= 0.6 is 11.6 Å². The Kier molecular flexibility index (Phi) is 4.82. The largest absolute Gasteiger partial charge is 0.488 e. The molecule has 0 bridgehead atoms. The van der Waals surface area contributed by atoms with Crippen molar-refractivity contribution in [2.45, 2.75) is 38.9 Å². The Balaban J connectivity index is 1.93. The van der Waals surface area contributed by atoms with Gasteiger partial charge in [-0.1, -0.05) is 11.6 Å². The van der Waals surface area contributed by atoms with Crippen LogP contribution in [-0.4, -0.2) is 35.8 Å². The summed E-state index contributed by atoms with van der Waals surface area (Å²) in [6, 6.07) is 6.96. The summed E-state index contributed by atoms with van der Waals surface area (Å²) < 4.78 is 11.2. The van der Waals surface area contributed by atoms with E-state index in [0.717, 1.165) is 6.42 Å². The summed E-state index contributed by atoms with van der Waals surface area (Å²) in [5, 5.41) is 9.21. The monoisotopic (exact) mass is 322 g/mol. The lowest BCUT2D eigenvalue weighted by Crippen LogP contribution is -2.36. The summed E-state index contributed by atoms with van der Waals surface area (Å²) in [5.74, 6) is 0.597. The van der Waals surface area contributed by atoms with Crippen molar-refractivity contribution >= 4 is 17.7 Å². The molecule has 6 heteroatoms. The van der Waals surface area contributed by atoms with Crippen LogP contribution in [0.1, 0.15) is 32.8 Å². The molecule has 22 heavy (non-hydrogen) atoms. The second kappa shape index (κ2) is 6.45. The number of nitrogens with zero attached hydrogens (tertiary/aromatic N) is 2. The highest BCUT2D eigenvalue weighted by molar-refractivity contribution is 6.31. The van der Waals surface area contributed by atoms with E-state index in [0.29, 0.717) is 29.4 Å². The van der Waals surface area contributed by atoms with Gasteiger partial charge in [-0.15, -0.1) is 0 Å². The maximum absolute atomic E-state index is 12.0. The van der Waals surface area contributed by atoms with Crippen molar-refractivity contribution in [2.24, 2.45) is 0 Å². The first-order chi connectivity index (χ1) is 10.3. The fraction of sp³-hybridized carbons (Fsp3) is 0.500. The summed E-state index contributed by atoms with van der Waals surface area (Å²) >= 11 is 5.98. The molecule has 1 unspecified atom stereocenters. The van der Waals surface area contributed by atoms with Crippen LogP contribution in [0.3, 0.4) is 0 Å². The van der Waals surface area contributed by atoms with Gasteiger partial charge in [0.1, 0.15) is 23.5 Å². The first kappa shape index (κ1) is 16.4. The number of nitriles is 1. The molecule has 0 aliphatic carbocycles.